The summed E-state index contributed by atoms with van der Waals surface area (Å²) in [6.45, 7) is 7.89. The van der Waals surface area contributed by atoms with E-state index in [9.17, 15) is 4.39 Å². The van der Waals surface area contributed by atoms with E-state index in [1.54, 1.807) is 0 Å². The number of hydrogen-bond acceptors (Lipinski definition) is 3. The van der Waals surface area contributed by atoms with Crippen LogP contribution in [0, 0.1) is 19.7 Å². The third-order valence-corrected chi connectivity index (χ3v) is 4.92. The van der Waals surface area contributed by atoms with Crippen LogP contribution in [-0.4, -0.2) is 42.9 Å². The lowest BCUT2D eigenvalue weighted by Crippen LogP contribution is -2.44. The maximum atomic E-state index is 13.3. The summed E-state index contributed by atoms with van der Waals surface area (Å²) in [7, 11) is 0. The van der Waals surface area contributed by atoms with E-state index < -0.39 is 0 Å². The molecular weight excluding hydrogens is 361 g/mol. The standard InChI is InChI=1S/C21H26FN3OS/c1-15-11-16(2)13-19(12-15)24-21(27)23-14-20(25-7-9-26-10-8-25)17-3-5-18(22)6-4-17/h3-6,11-13,20H,7-10,14H2,1-2H3,(H2,23,24,27)/t20-/m1/s1. The number of ether oxygens (including phenoxy) is 1. The maximum Gasteiger partial charge on any atom is 0.170 e. The Kier molecular flexibility index (Phi) is 6.77. The number of hydrogen-bond donors (Lipinski definition) is 2. The van der Waals surface area contributed by atoms with Crippen LogP contribution < -0.4 is 10.6 Å². The van der Waals surface area contributed by atoms with Gasteiger partial charge in [-0.15, -0.1) is 0 Å². The van der Waals surface area contributed by atoms with Gasteiger partial charge in [0.25, 0.3) is 0 Å². The van der Waals surface area contributed by atoms with E-state index in [2.05, 4.69) is 47.6 Å². The Balaban J connectivity index is 1.66. The van der Waals surface area contributed by atoms with Crippen molar-refractivity contribution in [2.24, 2.45) is 0 Å². The number of nitrogens with one attached hydrogen (secondary N) is 2. The molecule has 3 rings (SSSR count). The molecule has 0 radical (unpaired) electrons. The normalized spacial score (nSPS) is 16.0. The highest BCUT2D eigenvalue weighted by molar-refractivity contribution is 7.80. The average Bonchev–Trinajstić information content (AvgIpc) is 2.63. The molecule has 2 aromatic rings. The second kappa shape index (κ2) is 9.26. The lowest BCUT2D eigenvalue weighted by molar-refractivity contribution is 0.0170. The molecule has 2 N–H and O–H groups in total. The zero-order chi connectivity index (χ0) is 19.2. The van der Waals surface area contributed by atoms with Crippen LogP contribution in [0.2, 0.25) is 0 Å². The number of nitrogens with zero attached hydrogens (tertiary/aromatic N) is 1. The van der Waals surface area contributed by atoms with Gasteiger partial charge in [-0.1, -0.05) is 18.2 Å². The quantitative estimate of drug-likeness (QED) is 0.763. The van der Waals surface area contributed by atoms with Crippen molar-refractivity contribution in [1.29, 1.82) is 0 Å². The van der Waals surface area contributed by atoms with E-state index in [4.69, 9.17) is 17.0 Å². The number of anilines is 1. The van der Waals surface area contributed by atoms with Crippen molar-refractivity contribution in [2.75, 3.05) is 38.2 Å². The lowest BCUT2D eigenvalue weighted by Gasteiger charge is -2.35. The molecule has 1 aliphatic heterocycles. The summed E-state index contributed by atoms with van der Waals surface area (Å²) < 4.78 is 18.8. The molecule has 27 heavy (non-hydrogen) atoms. The first-order valence-corrected chi connectivity index (χ1v) is 9.62. The van der Waals surface area contributed by atoms with Gasteiger partial charge < -0.3 is 15.4 Å². The van der Waals surface area contributed by atoms with Gasteiger partial charge in [-0.3, -0.25) is 4.90 Å². The van der Waals surface area contributed by atoms with Gasteiger partial charge in [0.1, 0.15) is 5.82 Å². The van der Waals surface area contributed by atoms with Gasteiger partial charge in [0.15, 0.2) is 5.11 Å². The molecular formula is C21H26FN3OS. The number of benzene rings is 2. The number of rotatable bonds is 5. The van der Waals surface area contributed by atoms with E-state index in [0.717, 1.165) is 24.3 Å². The van der Waals surface area contributed by atoms with E-state index in [-0.39, 0.29) is 11.9 Å². The molecule has 0 amide bonds. The molecule has 4 nitrogen and oxygen atoms in total. The van der Waals surface area contributed by atoms with E-state index >= 15 is 0 Å². The Morgan fingerprint density at radius 2 is 1.74 bits per heavy atom. The number of thiocarbonyl (C=S) groups is 1. The average molecular weight is 388 g/mol. The van der Waals surface area contributed by atoms with Gasteiger partial charge >= 0.3 is 0 Å². The van der Waals surface area contributed by atoms with Crippen LogP contribution in [0.4, 0.5) is 10.1 Å². The Morgan fingerprint density at radius 3 is 2.37 bits per heavy atom. The highest BCUT2D eigenvalue weighted by atomic mass is 32.1. The molecule has 6 heteroatoms. The topological polar surface area (TPSA) is 36.5 Å². The van der Waals surface area contributed by atoms with Crippen LogP contribution in [0.25, 0.3) is 0 Å². The largest absolute Gasteiger partial charge is 0.379 e. The smallest absolute Gasteiger partial charge is 0.170 e. The van der Waals surface area contributed by atoms with Crippen LogP contribution in [0.3, 0.4) is 0 Å². The maximum absolute atomic E-state index is 13.3. The van der Waals surface area contributed by atoms with Gasteiger partial charge in [0.05, 0.1) is 19.3 Å². The molecule has 1 aliphatic rings. The van der Waals surface area contributed by atoms with Crippen molar-refractivity contribution < 1.29 is 9.13 Å². The summed E-state index contributed by atoms with van der Waals surface area (Å²) >= 11 is 5.49. The molecule has 1 atom stereocenters. The van der Waals surface area contributed by atoms with Crippen LogP contribution in [0.1, 0.15) is 22.7 Å². The molecule has 1 heterocycles. The fourth-order valence-electron chi connectivity index (χ4n) is 3.44. The predicted octanol–water partition coefficient (Wildman–Crippen LogP) is 3.80. The van der Waals surface area contributed by atoms with E-state index in [1.165, 1.54) is 23.3 Å². The van der Waals surface area contributed by atoms with E-state index in [0.29, 0.717) is 24.9 Å². The fraction of sp³-hybridized carbons (Fsp3) is 0.381. The van der Waals surface area contributed by atoms with Gasteiger partial charge in [-0.05, 0) is 67.0 Å². The van der Waals surface area contributed by atoms with Crippen molar-refractivity contribution in [3.8, 4) is 0 Å². The van der Waals surface area contributed by atoms with Crippen LogP contribution >= 0.6 is 12.2 Å². The minimum Gasteiger partial charge on any atom is -0.379 e. The van der Waals surface area contributed by atoms with Crippen molar-refractivity contribution in [2.45, 2.75) is 19.9 Å². The first-order valence-electron chi connectivity index (χ1n) is 9.22. The number of halogens is 1. The summed E-state index contributed by atoms with van der Waals surface area (Å²) in [5.41, 5.74) is 4.44. The molecule has 0 saturated carbocycles. The van der Waals surface area contributed by atoms with Crippen LogP contribution in [0.5, 0.6) is 0 Å². The molecule has 0 spiro atoms. The summed E-state index contributed by atoms with van der Waals surface area (Å²) in [6, 6.07) is 13.1. The first-order chi connectivity index (χ1) is 13.0. The zero-order valence-corrected chi connectivity index (χ0v) is 16.6. The molecule has 1 saturated heterocycles. The molecule has 1 fully saturated rings. The second-order valence-corrected chi connectivity index (χ2v) is 7.34. The minimum atomic E-state index is -0.223. The minimum absolute atomic E-state index is 0.105. The summed E-state index contributed by atoms with van der Waals surface area (Å²) in [6.07, 6.45) is 0. The predicted molar refractivity (Wildman–Crippen MR) is 112 cm³/mol. The summed E-state index contributed by atoms with van der Waals surface area (Å²) in [5.74, 6) is -0.223. The Labute approximate surface area is 165 Å². The Hall–Kier alpha value is -2.02. The van der Waals surface area contributed by atoms with Gasteiger partial charge in [0.2, 0.25) is 0 Å². The van der Waals surface area contributed by atoms with Gasteiger partial charge in [-0.2, -0.15) is 0 Å². The SMILES string of the molecule is Cc1cc(C)cc(NC(=S)NC[C@H](c2ccc(F)cc2)N2CCOCC2)c1. The molecule has 144 valence electrons. The molecule has 0 unspecified atom stereocenters. The molecule has 0 aliphatic carbocycles. The Bertz CT molecular complexity index is 755. The third-order valence-electron chi connectivity index (χ3n) is 4.68. The molecule has 0 aromatic heterocycles. The fourth-order valence-corrected chi connectivity index (χ4v) is 3.64. The highest BCUT2D eigenvalue weighted by Crippen LogP contribution is 2.22. The van der Waals surface area contributed by atoms with Crippen molar-refractivity contribution >= 4 is 23.0 Å². The van der Waals surface area contributed by atoms with Crippen LogP contribution in [0.15, 0.2) is 42.5 Å². The number of aryl methyl sites for hydroxylation is 2. The Morgan fingerprint density at radius 1 is 1.11 bits per heavy atom. The van der Waals surface area contributed by atoms with Crippen molar-refractivity contribution in [3.05, 3.63) is 65.0 Å². The first kappa shape index (κ1) is 19.7. The molecule has 0 bridgehead atoms. The van der Waals surface area contributed by atoms with Crippen LogP contribution in [-0.2, 0) is 4.74 Å². The lowest BCUT2D eigenvalue weighted by atomic mass is 10.0. The third kappa shape index (κ3) is 5.73. The van der Waals surface area contributed by atoms with Crippen molar-refractivity contribution in [1.82, 2.24) is 10.2 Å². The second-order valence-electron chi connectivity index (χ2n) is 6.93. The van der Waals surface area contributed by atoms with Gasteiger partial charge in [0, 0.05) is 25.3 Å². The summed E-state index contributed by atoms with van der Waals surface area (Å²) in [5, 5.41) is 7.17. The number of morpholine rings is 1. The highest BCUT2D eigenvalue weighted by Gasteiger charge is 2.22. The monoisotopic (exact) mass is 387 g/mol. The molecule has 2 aromatic carbocycles. The van der Waals surface area contributed by atoms with Crippen molar-refractivity contribution in [3.63, 3.8) is 0 Å². The zero-order valence-electron chi connectivity index (χ0n) is 15.8. The van der Waals surface area contributed by atoms with E-state index in [1.807, 2.05) is 12.1 Å². The summed E-state index contributed by atoms with van der Waals surface area (Å²) in [4.78, 5) is 2.35. The van der Waals surface area contributed by atoms with Gasteiger partial charge in [-0.25, -0.2) is 4.39 Å².